The maximum Gasteiger partial charge on any atom is 0.338 e. The number of esters is 1. The average molecular weight is 473 g/mol. The lowest BCUT2D eigenvalue weighted by Gasteiger charge is -2.50. The number of rotatable bonds is 7. The third kappa shape index (κ3) is 4.81. The number of piperidine rings is 3. The number of benzene rings is 2. The van der Waals surface area contributed by atoms with Gasteiger partial charge in [-0.15, -0.1) is 0 Å². The van der Waals surface area contributed by atoms with E-state index < -0.39 is 6.10 Å². The minimum absolute atomic E-state index is 0.0964. The summed E-state index contributed by atoms with van der Waals surface area (Å²) in [6.45, 7) is 4.14. The van der Waals surface area contributed by atoms with Crippen LogP contribution < -0.4 is 4.74 Å². The molecule has 3 aliphatic heterocycles. The van der Waals surface area contributed by atoms with E-state index in [9.17, 15) is 9.90 Å². The molecule has 0 saturated carbocycles. The maximum absolute atomic E-state index is 11.9. The van der Waals surface area contributed by atoms with Crippen LogP contribution in [0.3, 0.4) is 0 Å². The first-order valence-electron chi connectivity index (χ1n) is 12.4. The lowest BCUT2D eigenvalue weighted by Crippen LogP contribution is -2.54. The Morgan fingerprint density at radius 3 is 2.77 bits per heavy atom. The Balaban J connectivity index is 1.29. The minimum Gasteiger partial charge on any atom is -0.497 e. The van der Waals surface area contributed by atoms with Gasteiger partial charge in [0.05, 0.1) is 30.9 Å². The van der Waals surface area contributed by atoms with Crippen LogP contribution in [0.25, 0.3) is 17.0 Å². The lowest BCUT2D eigenvalue weighted by molar-refractivity contribution is -0.0444. The number of aromatic nitrogens is 1. The fraction of sp³-hybridized carbons (Fsp3) is 0.379. The highest BCUT2D eigenvalue weighted by molar-refractivity contribution is 5.89. The molecule has 6 rings (SSSR count). The van der Waals surface area contributed by atoms with Crippen molar-refractivity contribution in [2.24, 2.45) is 11.8 Å². The number of fused-ring (bicyclic) bond motifs is 4. The zero-order chi connectivity index (χ0) is 24.4. The van der Waals surface area contributed by atoms with Gasteiger partial charge >= 0.3 is 5.97 Å². The van der Waals surface area contributed by atoms with Gasteiger partial charge in [0.1, 0.15) is 5.75 Å². The monoisotopic (exact) mass is 472 g/mol. The van der Waals surface area contributed by atoms with Gasteiger partial charge in [0.15, 0.2) is 0 Å². The van der Waals surface area contributed by atoms with Crippen LogP contribution in [0, 0.1) is 11.8 Å². The largest absolute Gasteiger partial charge is 0.497 e. The van der Waals surface area contributed by atoms with Crippen LogP contribution in [-0.4, -0.2) is 53.8 Å². The second-order valence-corrected chi connectivity index (χ2v) is 9.44. The zero-order valence-electron chi connectivity index (χ0n) is 20.3. The van der Waals surface area contributed by atoms with Crippen LogP contribution in [0.1, 0.15) is 47.4 Å². The van der Waals surface area contributed by atoms with Gasteiger partial charge in [-0.25, -0.2) is 4.79 Å². The second-order valence-electron chi connectivity index (χ2n) is 9.44. The van der Waals surface area contributed by atoms with E-state index in [0.29, 0.717) is 24.0 Å². The summed E-state index contributed by atoms with van der Waals surface area (Å²) in [5.74, 6) is 1.47. The van der Waals surface area contributed by atoms with E-state index in [4.69, 9.17) is 9.47 Å². The number of hydrogen-bond donors (Lipinski definition) is 1. The van der Waals surface area contributed by atoms with Crippen molar-refractivity contribution in [2.75, 3.05) is 26.8 Å². The van der Waals surface area contributed by atoms with Crippen molar-refractivity contribution >= 4 is 22.9 Å². The Bertz CT molecular complexity index is 1220. The average Bonchev–Trinajstić information content (AvgIpc) is 2.91. The minimum atomic E-state index is -0.573. The Labute approximate surface area is 206 Å². The molecule has 1 N–H and O–H groups in total. The topological polar surface area (TPSA) is 71.9 Å². The van der Waals surface area contributed by atoms with Crippen molar-refractivity contribution in [3.63, 3.8) is 0 Å². The molecule has 0 spiro atoms. The number of aliphatic hydroxyl groups is 1. The van der Waals surface area contributed by atoms with Crippen LogP contribution in [0.15, 0.2) is 60.8 Å². The number of methoxy groups -OCH3 is 1. The molecule has 3 fully saturated rings. The van der Waals surface area contributed by atoms with E-state index >= 15 is 0 Å². The third-order valence-corrected chi connectivity index (χ3v) is 7.47. The highest BCUT2D eigenvalue weighted by Crippen LogP contribution is 2.42. The molecule has 0 amide bonds. The van der Waals surface area contributed by atoms with Crippen LogP contribution in [-0.2, 0) is 4.74 Å². The number of ether oxygens (including phenoxy) is 2. The molecule has 6 nitrogen and oxygen atoms in total. The van der Waals surface area contributed by atoms with Gasteiger partial charge in [-0.1, -0.05) is 24.3 Å². The van der Waals surface area contributed by atoms with Crippen LogP contribution in [0.5, 0.6) is 5.75 Å². The summed E-state index contributed by atoms with van der Waals surface area (Å²) in [4.78, 5) is 18.8. The number of aliphatic hydroxyl groups excluding tert-OH is 1. The second kappa shape index (κ2) is 10.2. The maximum atomic E-state index is 11.9. The van der Waals surface area contributed by atoms with E-state index in [0.717, 1.165) is 53.7 Å². The molecule has 3 aliphatic rings. The van der Waals surface area contributed by atoms with Crippen LogP contribution in [0.4, 0.5) is 0 Å². The van der Waals surface area contributed by atoms with E-state index in [-0.39, 0.29) is 12.0 Å². The summed E-state index contributed by atoms with van der Waals surface area (Å²) in [6, 6.07) is 15.4. The summed E-state index contributed by atoms with van der Waals surface area (Å²) in [6.07, 6.45) is 7.76. The molecule has 3 aromatic rings. The van der Waals surface area contributed by atoms with Crippen molar-refractivity contribution in [3.8, 4) is 5.75 Å². The molecule has 2 aromatic carbocycles. The number of nitrogens with zero attached hydrogens (tertiary/aromatic N) is 2. The first kappa shape index (κ1) is 23.5. The molecular weight excluding hydrogens is 440 g/mol. The molecule has 2 bridgehead atoms. The van der Waals surface area contributed by atoms with Gasteiger partial charge in [-0.05, 0) is 85.7 Å². The van der Waals surface area contributed by atoms with Gasteiger partial charge < -0.3 is 14.6 Å². The first-order valence-corrected chi connectivity index (χ1v) is 12.4. The number of pyridine rings is 1. The molecule has 5 atom stereocenters. The van der Waals surface area contributed by atoms with Gasteiger partial charge in [-0.2, -0.15) is 0 Å². The normalized spacial score (nSPS) is 24.5. The lowest BCUT2D eigenvalue weighted by atomic mass is 9.73. The van der Waals surface area contributed by atoms with Gasteiger partial charge in [0.2, 0.25) is 0 Å². The molecular formula is C29H32N2O4. The van der Waals surface area contributed by atoms with Crippen molar-refractivity contribution < 1.29 is 19.4 Å². The third-order valence-electron chi connectivity index (χ3n) is 7.47. The standard InChI is InChI=1S/C29H32N2O4/c1-3-35-29(33)20-7-4-19(5-8-20)6-9-22-18-31-15-13-21(22)16-27(31)28(32)24-12-14-30-26-11-10-23(34-2)17-25(24)26/h4-12,14,17,21-22,27-28,32H,3,13,15-16,18H2,1-2H3/b9-6+/t21-,22+,27-,28-/m1/s1. The van der Waals surface area contributed by atoms with E-state index in [1.165, 1.54) is 0 Å². The Hall–Kier alpha value is -3.22. The fourth-order valence-electron chi connectivity index (χ4n) is 5.57. The molecule has 0 aliphatic carbocycles. The SMILES string of the molecule is CCOC(=O)c1ccc(/C=C/[C@H]2CN3CC[C@@H]2C[C@@H]3[C@H](O)c2ccnc3ccc(OC)cc23)cc1. The van der Waals surface area contributed by atoms with E-state index in [1.807, 2.05) is 55.5 Å². The molecule has 6 heteroatoms. The Morgan fingerprint density at radius 1 is 1.23 bits per heavy atom. The predicted molar refractivity (Wildman–Crippen MR) is 136 cm³/mol. The smallest absolute Gasteiger partial charge is 0.338 e. The first-order chi connectivity index (χ1) is 17.1. The summed E-state index contributed by atoms with van der Waals surface area (Å²) in [5, 5.41) is 12.4. The van der Waals surface area contributed by atoms with Crippen molar-refractivity contribution in [1.29, 1.82) is 0 Å². The molecule has 1 aromatic heterocycles. The summed E-state index contributed by atoms with van der Waals surface area (Å²) in [5.41, 5.74) is 3.43. The van der Waals surface area contributed by atoms with Gasteiger partial charge in [-0.3, -0.25) is 9.88 Å². The van der Waals surface area contributed by atoms with E-state index in [2.05, 4.69) is 22.0 Å². The van der Waals surface area contributed by atoms with Crippen molar-refractivity contribution in [3.05, 3.63) is 77.5 Å². The van der Waals surface area contributed by atoms with E-state index in [1.54, 1.807) is 13.3 Å². The molecule has 35 heavy (non-hydrogen) atoms. The molecule has 4 heterocycles. The number of hydrogen-bond acceptors (Lipinski definition) is 6. The molecule has 182 valence electrons. The van der Waals surface area contributed by atoms with Crippen LogP contribution >= 0.6 is 0 Å². The molecule has 0 radical (unpaired) electrons. The Kier molecular flexibility index (Phi) is 6.84. The quantitative estimate of drug-likeness (QED) is 0.495. The number of carbonyl (C=O) groups excluding carboxylic acids is 1. The van der Waals surface area contributed by atoms with Gasteiger partial charge in [0.25, 0.3) is 0 Å². The van der Waals surface area contributed by atoms with Crippen LogP contribution in [0.2, 0.25) is 0 Å². The molecule has 1 unspecified atom stereocenters. The summed E-state index contributed by atoms with van der Waals surface area (Å²) in [7, 11) is 1.65. The highest BCUT2D eigenvalue weighted by Gasteiger charge is 2.42. The predicted octanol–water partition coefficient (Wildman–Crippen LogP) is 4.88. The Morgan fingerprint density at radius 2 is 2.06 bits per heavy atom. The van der Waals surface area contributed by atoms with Crippen molar-refractivity contribution in [1.82, 2.24) is 9.88 Å². The summed E-state index contributed by atoms with van der Waals surface area (Å²) >= 11 is 0. The fourth-order valence-corrected chi connectivity index (χ4v) is 5.57. The number of carbonyl (C=O) groups is 1. The van der Waals surface area contributed by atoms with Crippen molar-refractivity contribution in [2.45, 2.75) is 31.9 Å². The highest BCUT2D eigenvalue weighted by atomic mass is 16.5. The molecule has 3 saturated heterocycles. The van der Waals surface area contributed by atoms with Gasteiger partial charge in [0, 0.05) is 24.2 Å². The summed E-state index contributed by atoms with van der Waals surface area (Å²) < 4.78 is 10.5. The zero-order valence-corrected chi connectivity index (χ0v) is 20.3.